The Hall–Kier alpha value is -1.38. The number of benzene rings is 1. The van der Waals surface area contributed by atoms with E-state index in [1.807, 2.05) is 13.0 Å². The maximum Gasteiger partial charge on any atom is 0.220 e. The third-order valence-electron chi connectivity index (χ3n) is 3.82. The van der Waals surface area contributed by atoms with Crippen molar-refractivity contribution in [3.05, 3.63) is 35.1 Å². The van der Waals surface area contributed by atoms with Gasteiger partial charge in [0.1, 0.15) is 5.82 Å². The van der Waals surface area contributed by atoms with Gasteiger partial charge in [0.15, 0.2) is 5.96 Å². The van der Waals surface area contributed by atoms with Crippen molar-refractivity contribution in [1.29, 1.82) is 0 Å². The van der Waals surface area contributed by atoms with Gasteiger partial charge >= 0.3 is 0 Å². The number of hydrogen-bond donors (Lipinski definition) is 3. The van der Waals surface area contributed by atoms with Crippen LogP contribution in [-0.4, -0.2) is 31.0 Å². The molecule has 3 N–H and O–H groups in total. The van der Waals surface area contributed by atoms with E-state index in [0.29, 0.717) is 37.1 Å². The van der Waals surface area contributed by atoms with E-state index >= 15 is 0 Å². The third-order valence-corrected chi connectivity index (χ3v) is 3.82. The molecule has 0 aromatic heterocycles. The van der Waals surface area contributed by atoms with Crippen LogP contribution in [-0.2, 0) is 11.3 Å². The Bertz CT molecular complexity index is 590. The summed E-state index contributed by atoms with van der Waals surface area (Å²) >= 11 is 0. The van der Waals surface area contributed by atoms with Crippen LogP contribution in [0.4, 0.5) is 4.39 Å². The van der Waals surface area contributed by atoms with Crippen molar-refractivity contribution in [2.24, 2.45) is 4.99 Å². The van der Waals surface area contributed by atoms with E-state index in [2.05, 4.69) is 20.9 Å². The molecule has 1 amide bonds. The summed E-state index contributed by atoms with van der Waals surface area (Å²) in [4.78, 5) is 16.1. The summed E-state index contributed by atoms with van der Waals surface area (Å²) in [7, 11) is 0. The minimum absolute atomic E-state index is 0. The van der Waals surface area contributed by atoms with Gasteiger partial charge in [0.25, 0.3) is 0 Å². The van der Waals surface area contributed by atoms with Crippen LogP contribution >= 0.6 is 24.0 Å². The molecule has 5 nitrogen and oxygen atoms in total. The lowest BCUT2D eigenvalue weighted by molar-refractivity contribution is -0.121. The number of amides is 1. The normalized spacial score (nSPS) is 13.8. The molecule has 0 atom stereocenters. The van der Waals surface area contributed by atoms with Gasteiger partial charge in [0.05, 0.1) is 6.54 Å². The molecule has 1 aliphatic carbocycles. The molecule has 0 aliphatic heterocycles. The molecule has 1 aromatic carbocycles. The SMILES string of the molecule is CCNC(=NCc1ccc(C)c(F)c1)NCCCC(=O)NC1CC1.I. The topological polar surface area (TPSA) is 65.5 Å². The van der Waals surface area contributed by atoms with E-state index in [1.165, 1.54) is 6.07 Å². The lowest BCUT2D eigenvalue weighted by atomic mass is 10.1. The first-order valence-corrected chi connectivity index (χ1v) is 8.65. The Morgan fingerprint density at radius 2 is 2.08 bits per heavy atom. The summed E-state index contributed by atoms with van der Waals surface area (Å²) in [5.41, 5.74) is 1.47. The minimum Gasteiger partial charge on any atom is -0.357 e. The Balaban J connectivity index is 0.00000312. The number of nitrogens with zero attached hydrogens (tertiary/aromatic N) is 1. The van der Waals surface area contributed by atoms with Crippen molar-refractivity contribution in [2.75, 3.05) is 13.1 Å². The van der Waals surface area contributed by atoms with E-state index in [1.54, 1.807) is 13.0 Å². The van der Waals surface area contributed by atoms with Gasteiger partial charge in [-0.25, -0.2) is 9.38 Å². The first-order chi connectivity index (χ1) is 11.6. The molecule has 0 bridgehead atoms. The van der Waals surface area contributed by atoms with Crippen LogP contribution in [0.15, 0.2) is 23.2 Å². The van der Waals surface area contributed by atoms with Crippen molar-refractivity contribution in [3.8, 4) is 0 Å². The highest BCUT2D eigenvalue weighted by Crippen LogP contribution is 2.18. The second-order valence-electron chi connectivity index (χ2n) is 6.15. The lowest BCUT2D eigenvalue weighted by Gasteiger charge is -2.11. The number of guanidine groups is 1. The fraction of sp³-hybridized carbons (Fsp3) is 0.556. The molecule has 1 aromatic rings. The highest BCUT2D eigenvalue weighted by atomic mass is 127. The Kier molecular flexibility index (Phi) is 9.77. The monoisotopic (exact) mass is 462 g/mol. The van der Waals surface area contributed by atoms with Crippen molar-refractivity contribution in [2.45, 2.75) is 52.1 Å². The zero-order valence-electron chi connectivity index (χ0n) is 14.9. The second-order valence-corrected chi connectivity index (χ2v) is 6.15. The lowest BCUT2D eigenvalue weighted by Crippen LogP contribution is -2.38. The Morgan fingerprint density at radius 3 is 2.72 bits per heavy atom. The summed E-state index contributed by atoms with van der Waals surface area (Å²) in [6.07, 6.45) is 3.50. The number of nitrogens with one attached hydrogen (secondary N) is 3. The van der Waals surface area contributed by atoms with E-state index in [0.717, 1.165) is 31.4 Å². The van der Waals surface area contributed by atoms with Gasteiger partial charge in [-0.1, -0.05) is 12.1 Å². The highest BCUT2D eigenvalue weighted by Gasteiger charge is 2.22. The third kappa shape index (κ3) is 8.51. The number of carbonyl (C=O) groups excluding carboxylic acids is 1. The minimum atomic E-state index is -0.206. The zero-order chi connectivity index (χ0) is 17.4. The first-order valence-electron chi connectivity index (χ1n) is 8.65. The van der Waals surface area contributed by atoms with Crippen molar-refractivity contribution >= 4 is 35.8 Å². The van der Waals surface area contributed by atoms with Crippen molar-refractivity contribution in [3.63, 3.8) is 0 Å². The fourth-order valence-corrected chi connectivity index (χ4v) is 2.23. The van der Waals surface area contributed by atoms with Gasteiger partial charge in [-0.3, -0.25) is 4.79 Å². The highest BCUT2D eigenvalue weighted by molar-refractivity contribution is 14.0. The van der Waals surface area contributed by atoms with Crippen LogP contribution in [0.25, 0.3) is 0 Å². The average molecular weight is 462 g/mol. The van der Waals surface area contributed by atoms with Gasteiger partial charge in [-0.05, 0) is 50.3 Å². The fourth-order valence-electron chi connectivity index (χ4n) is 2.23. The van der Waals surface area contributed by atoms with Crippen molar-refractivity contribution in [1.82, 2.24) is 16.0 Å². The van der Waals surface area contributed by atoms with Crippen LogP contribution in [0.5, 0.6) is 0 Å². The molecular weight excluding hydrogens is 434 g/mol. The largest absolute Gasteiger partial charge is 0.357 e. The van der Waals surface area contributed by atoms with Crippen LogP contribution in [0, 0.1) is 12.7 Å². The van der Waals surface area contributed by atoms with E-state index in [-0.39, 0.29) is 35.7 Å². The van der Waals surface area contributed by atoms with Gasteiger partial charge in [-0.2, -0.15) is 0 Å². The van der Waals surface area contributed by atoms with Crippen molar-refractivity contribution < 1.29 is 9.18 Å². The zero-order valence-corrected chi connectivity index (χ0v) is 17.2. The van der Waals surface area contributed by atoms with Crippen LogP contribution in [0.3, 0.4) is 0 Å². The smallest absolute Gasteiger partial charge is 0.220 e. The molecule has 2 rings (SSSR count). The standard InChI is InChI=1S/C18H27FN4O.HI/c1-3-20-18(21-10-4-5-17(24)23-15-8-9-15)22-12-14-7-6-13(2)16(19)11-14;/h6-7,11,15H,3-5,8-10,12H2,1-2H3,(H,23,24)(H2,20,21,22);1H. The molecule has 140 valence electrons. The molecular formula is C18H28FIN4O. The summed E-state index contributed by atoms with van der Waals surface area (Å²) in [6.45, 7) is 5.57. The second kappa shape index (κ2) is 11.3. The number of rotatable bonds is 8. The molecule has 0 radical (unpaired) electrons. The number of halogens is 2. The molecule has 25 heavy (non-hydrogen) atoms. The number of aliphatic imine (C=N–C) groups is 1. The maximum atomic E-state index is 13.6. The van der Waals surface area contributed by atoms with Gasteiger partial charge in [0.2, 0.25) is 5.91 Å². The molecule has 0 spiro atoms. The first kappa shape index (κ1) is 21.7. The molecule has 1 aliphatic rings. The summed E-state index contributed by atoms with van der Waals surface area (Å²) < 4.78 is 13.6. The van der Waals surface area contributed by atoms with E-state index in [9.17, 15) is 9.18 Å². The predicted octanol–water partition coefficient (Wildman–Crippen LogP) is 2.87. The Morgan fingerprint density at radius 1 is 1.32 bits per heavy atom. The van der Waals surface area contributed by atoms with Gasteiger partial charge in [0, 0.05) is 25.6 Å². The molecule has 1 saturated carbocycles. The van der Waals surface area contributed by atoms with Crippen LogP contribution in [0.2, 0.25) is 0 Å². The molecule has 0 heterocycles. The molecule has 0 unspecified atom stereocenters. The molecule has 7 heteroatoms. The van der Waals surface area contributed by atoms with Crippen LogP contribution in [0.1, 0.15) is 43.7 Å². The molecule has 0 saturated heterocycles. The quantitative estimate of drug-likeness (QED) is 0.241. The van der Waals surface area contributed by atoms with Gasteiger partial charge < -0.3 is 16.0 Å². The number of hydrogen-bond acceptors (Lipinski definition) is 2. The van der Waals surface area contributed by atoms with Crippen LogP contribution < -0.4 is 16.0 Å². The average Bonchev–Trinajstić information content (AvgIpc) is 3.36. The summed E-state index contributed by atoms with van der Waals surface area (Å²) in [6, 6.07) is 5.58. The van der Waals surface area contributed by atoms with Gasteiger partial charge in [-0.15, -0.1) is 24.0 Å². The maximum absolute atomic E-state index is 13.6. The number of carbonyl (C=O) groups is 1. The summed E-state index contributed by atoms with van der Waals surface area (Å²) in [5.74, 6) is 0.597. The Labute approximate surface area is 166 Å². The molecule has 1 fully saturated rings. The number of aryl methyl sites for hydroxylation is 1. The summed E-state index contributed by atoms with van der Waals surface area (Å²) in [5, 5.41) is 9.34. The predicted molar refractivity (Wildman–Crippen MR) is 110 cm³/mol. The van der Waals surface area contributed by atoms with E-state index < -0.39 is 0 Å². The van der Waals surface area contributed by atoms with E-state index in [4.69, 9.17) is 0 Å².